The van der Waals surface area contributed by atoms with Crippen LogP contribution in [0.3, 0.4) is 0 Å². The largest absolute Gasteiger partial charge is 0.496 e. The van der Waals surface area contributed by atoms with Gasteiger partial charge in [0.15, 0.2) is 0 Å². The molecule has 2 aromatic rings. The number of nitrogens with one attached hydrogen (secondary N) is 1. The van der Waals surface area contributed by atoms with Crippen molar-refractivity contribution in [1.29, 1.82) is 0 Å². The maximum absolute atomic E-state index is 5.70. The van der Waals surface area contributed by atoms with E-state index in [9.17, 15) is 0 Å². The Hall–Kier alpha value is -1.48. The van der Waals surface area contributed by atoms with Crippen molar-refractivity contribution >= 4 is 10.9 Å². The van der Waals surface area contributed by atoms with Crippen LogP contribution in [-0.2, 0) is 12.6 Å². The third-order valence-electron chi connectivity index (χ3n) is 4.19. The molecule has 1 fully saturated rings. The molecule has 1 atom stereocenters. The molecule has 3 rings (SSSR count). The molecule has 1 aliphatic heterocycles. The number of hydrogen-bond acceptors (Lipinski definition) is 2. The van der Waals surface area contributed by atoms with Crippen LogP contribution in [-0.4, -0.2) is 18.2 Å². The summed E-state index contributed by atoms with van der Waals surface area (Å²) in [6, 6.07) is 6.54. The lowest BCUT2D eigenvalue weighted by atomic mass is 9.89. The minimum atomic E-state index is 0.0510. The summed E-state index contributed by atoms with van der Waals surface area (Å²) in [6.07, 6.45) is 4.48. The van der Waals surface area contributed by atoms with Gasteiger partial charge in [0.25, 0.3) is 0 Å². The molecule has 1 unspecified atom stereocenters. The first kappa shape index (κ1) is 11.6. The Balaban J connectivity index is 2.23. The second kappa shape index (κ2) is 4.02. The van der Waals surface area contributed by atoms with E-state index in [2.05, 4.69) is 48.3 Å². The fourth-order valence-electron chi connectivity index (χ4n) is 3.10. The van der Waals surface area contributed by atoms with Gasteiger partial charge in [0.2, 0.25) is 0 Å². The van der Waals surface area contributed by atoms with Gasteiger partial charge in [-0.15, -0.1) is 0 Å². The van der Waals surface area contributed by atoms with Crippen molar-refractivity contribution in [3.05, 3.63) is 30.0 Å². The number of aryl methyl sites for hydroxylation is 1. The summed E-state index contributed by atoms with van der Waals surface area (Å²) in [7, 11) is 3.83. The second-order valence-electron chi connectivity index (χ2n) is 5.37. The van der Waals surface area contributed by atoms with E-state index in [0.717, 1.165) is 12.3 Å². The number of nitrogens with zero attached hydrogens (tertiary/aromatic N) is 1. The maximum Gasteiger partial charge on any atom is 0.133 e. The zero-order chi connectivity index (χ0) is 12.8. The van der Waals surface area contributed by atoms with Crippen molar-refractivity contribution in [2.24, 2.45) is 7.05 Å². The highest BCUT2D eigenvalue weighted by molar-refractivity contribution is 5.88. The van der Waals surface area contributed by atoms with Gasteiger partial charge in [-0.2, -0.15) is 0 Å². The zero-order valence-electron chi connectivity index (χ0n) is 11.3. The summed E-state index contributed by atoms with van der Waals surface area (Å²) in [4.78, 5) is 0. The fourth-order valence-corrected chi connectivity index (χ4v) is 3.10. The molecule has 0 amide bonds. The van der Waals surface area contributed by atoms with Crippen molar-refractivity contribution in [1.82, 2.24) is 9.88 Å². The number of ether oxygens (including phenoxy) is 1. The van der Waals surface area contributed by atoms with Crippen LogP contribution in [0.5, 0.6) is 5.75 Å². The normalized spacial score (nSPS) is 23.7. The first-order valence-corrected chi connectivity index (χ1v) is 6.53. The Bertz CT molecular complexity index is 579. The van der Waals surface area contributed by atoms with E-state index in [-0.39, 0.29) is 5.54 Å². The van der Waals surface area contributed by atoms with Crippen LogP contribution in [0, 0.1) is 0 Å². The number of rotatable bonds is 2. The highest BCUT2D eigenvalue weighted by atomic mass is 16.5. The molecule has 0 bridgehead atoms. The van der Waals surface area contributed by atoms with E-state index in [1.165, 1.54) is 29.3 Å². The smallest absolute Gasteiger partial charge is 0.133 e. The van der Waals surface area contributed by atoms with E-state index in [4.69, 9.17) is 4.74 Å². The van der Waals surface area contributed by atoms with Crippen molar-refractivity contribution in [3.63, 3.8) is 0 Å². The first-order chi connectivity index (χ1) is 8.65. The third-order valence-corrected chi connectivity index (χ3v) is 4.19. The Morgan fingerprint density at radius 1 is 1.33 bits per heavy atom. The highest BCUT2D eigenvalue weighted by Crippen LogP contribution is 2.40. The molecule has 0 saturated carbocycles. The van der Waals surface area contributed by atoms with Gasteiger partial charge in [-0.25, -0.2) is 0 Å². The van der Waals surface area contributed by atoms with Gasteiger partial charge in [0, 0.05) is 29.7 Å². The summed E-state index contributed by atoms with van der Waals surface area (Å²) in [6.45, 7) is 3.36. The van der Waals surface area contributed by atoms with Gasteiger partial charge in [0.1, 0.15) is 5.75 Å². The minimum absolute atomic E-state index is 0.0510. The molecule has 96 valence electrons. The Morgan fingerprint density at radius 2 is 2.17 bits per heavy atom. The van der Waals surface area contributed by atoms with Crippen molar-refractivity contribution in [3.8, 4) is 5.75 Å². The quantitative estimate of drug-likeness (QED) is 0.879. The summed E-state index contributed by atoms with van der Waals surface area (Å²) in [5, 5.41) is 4.81. The average Bonchev–Trinajstić information content (AvgIpc) is 2.96. The maximum atomic E-state index is 5.70. The minimum Gasteiger partial charge on any atom is -0.496 e. The molecule has 3 nitrogen and oxygen atoms in total. The van der Waals surface area contributed by atoms with Crippen molar-refractivity contribution < 1.29 is 4.74 Å². The summed E-state index contributed by atoms with van der Waals surface area (Å²) >= 11 is 0. The van der Waals surface area contributed by atoms with E-state index in [1.807, 2.05) is 0 Å². The lowest BCUT2D eigenvalue weighted by molar-refractivity contribution is 0.375. The van der Waals surface area contributed by atoms with E-state index in [1.54, 1.807) is 7.11 Å². The van der Waals surface area contributed by atoms with Gasteiger partial charge < -0.3 is 14.6 Å². The fraction of sp³-hybridized carbons (Fsp3) is 0.467. The standard InChI is InChI=1S/C15H20N2O/c1-15(8-4-9-16-15)12-5-6-13-11(14(12)18-3)7-10-17(13)2/h5-7,10,16H,4,8-9H2,1-3H3. The van der Waals surface area contributed by atoms with Crippen LogP contribution in [0.1, 0.15) is 25.3 Å². The van der Waals surface area contributed by atoms with Gasteiger partial charge in [-0.05, 0) is 38.4 Å². The molecule has 2 heterocycles. The van der Waals surface area contributed by atoms with E-state index in [0.29, 0.717) is 0 Å². The Morgan fingerprint density at radius 3 is 2.83 bits per heavy atom. The van der Waals surface area contributed by atoms with Gasteiger partial charge in [-0.1, -0.05) is 6.07 Å². The van der Waals surface area contributed by atoms with Crippen LogP contribution in [0.4, 0.5) is 0 Å². The molecule has 0 aliphatic carbocycles. The molecule has 1 N–H and O–H groups in total. The zero-order valence-corrected chi connectivity index (χ0v) is 11.3. The van der Waals surface area contributed by atoms with Crippen LogP contribution >= 0.6 is 0 Å². The molecular weight excluding hydrogens is 224 g/mol. The molecule has 0 radical (unpaired) electrons. The van der Waals surface area contributed by atoms with E-state index < -0.39 is 0 Å². The van der Waals surface area contributed by atoms with Gasteiger partial charge in [0.05, 0.1) is 12.6 Å². The first-order valence-electron chi connectivity index (χ1n) is 6.53. The lowest BCUT2D eigenvalue weighted by Crippen LogP contribution is -2.33. The SMILES string of the molecule is COc1c(C2(C)CCCN2)ccc2c1ccn2C. The topological polar surface area (TPSA) is 26.2 Å². The average molecular weight is 244 g/mol. The second-order valence-corrected chi connectivity index (χ2v) is 5.37. The Kier molecular flexibility index (Phi) is 2.59. The molecule has 0 spiro atoms. The third kappa shape index (κ3) is 1.54. The Labute approximate surface area is 108 Å². The predicted molar refractivity (Wildman–Crippen MR) is 74.1 cm³/mol. The monoisotopic (exact) mass is 244 g/mol. The highest BCUT2D eigenvalue weighted by Gasteiger charge is 2.33. The van der Waals surface area contributed by atoms with Crippen LogP contribution < -0.4 is 10.1 Å². The number of methoxy groups -OCH3 is 1. The van der Waals surface area contributed by atoms with Crippen LogP contribution in [0.2, 0.25) is 0 Å². The van der Waals surface area contributed by atoms with Gasteiger partial charge >= 0.3 is 0 Å². The van der Waals surface area contributed by atoms with Crippen molar-refractivity contribution in [2.45, 2.75) is 25.3 Å². The van der Waals surface area contributed by atoms with Crippen LogP contribution in [0.25, 0.3) is 10.9 Å². The summed E-state index contributed by atoms with van der Waals surface area (Å²) in [5.41, 5.74) is 2.55. The van der Waals surface area contributed by atoms with E-state index >= 15 is 0 Å². The summed E-state index contributed by atoms with van der Waals surface area (Å²) in [5.74, 6) is 1.02. The molecule has 1 aromatic carbocycles. The number of benzene rings is 1. The predicted octanol–water partition coefficient (Wildman–Crippen LogP) is 2.79. The molecule has 18 heavy (non-hydrogen) atoms. The molecule has 1 saturated heterocycles. The number of aromatic nitrogens is 1. The number of fused-ring (bicyclic) bond motifs is 1. The molecule has 3 heteroatoms. The van der Waals surface area contributed by atoms with Crippen LogP contribution in [0.15, 0.2) is 24.4 Å². The number of hydrogen-bond donors (Lipinski definition) is 1. The lowest BCUT2D eigenvalue weighted by Gasteiger charge is -2.27. The summed E-state index contributed by atoms with van der Waals surface area (Å²) < 4.78 is 7.83. The molecule has 1 aromatic heterocycles. The molecular formula is C15H20N2O. The van der Waals surface area contributed by atoms with Gasteiger partial charge in [-0.3, -0.25) is 0 Å². The van der Waals surface area contributed by atoms with Crippen molar-refractivity contribution in [2.75, 3.05) is 13.7 Å². The molecule has 1 aliphatic rings.